The molecule has 2 N–H and O–H groups in total. The van der Waals surface area contributed by atoms with Crippen LogP contribution in [0.3, 0.4) is 0 Å². The highest BCUT2D eigenvalue weighted by molar-refractivity contribution is 7.91. The average Bonchev–Trinajstić information content (AvgIpc) is 2.35. The van der Waals surface area contributed by atoms with Crippen LogP contribution in [0, 0.1) is 5.82 Å². The van der Waals surface area contributed by atoms with E-state index >= 15 is 0 Å². The summed E-state index contributed by atoms with van der Waals surface area (Å²) in [5, 5.41) is 5.59. The number of nitrogens with one attached hydrogen (secondary N) is 2. The molecule has 0 unspecified atom stereocenters. The summed E-state index contributed by atoms with van der Waals surface area (Å²) in [7, 11) is -2.90. The summed E-state index contributed by atoms with van der Waals surface area (Å²) >= 11 is 0. The molecule has 5 nitrogen and oxygen atoms in total. The first kappa shape index (κ1) is 14.8. The quantitative estimate of drug-likeness (QED) is 0.892. The monoisotopic (exact) mass is 300 g/mol. The number of carbonyl (C=O) groups excluding carboxylic acids is 1. The van der Waals surface area contributed by atoms with Gasteiger partial charge in [-0.2, -0.15) is 0 Å². The van der Waals surface area contributed by atoms with Crippen LogP contribution in [-0.4, -0.2) is 31.9 Å². The minimum absolute atomic E-state index is 0.0502. The van der Waals surface area contributed by atoms with Crippen LogP contribution in [-0.2, 0) is 14.6 Å². The van der Waals surface area contributed by atoms with Crippen molar-refractivity contribution in [3.63, 3.8) is 0 Å². The van der Waals surface area contributed by atoms with Crippen molar-refractivity contribution >= 4 is 27.1 Å². The third kappa shape index (κ3) is 3.93. The van der Waals surface area contributed by atoms with Gasteiger partial charge in [0.2, 0.25) is 5.91 Å². The lowest BCUT2D eigenvalue weighted by atomic mass is 10.1. The summed E-state index contributed by atoms with van der Waals surface area (Å²) in [6.45, 7) is 1.31. The Morgan fingerprint density at radius 3 is 2.55 bits per heavy atom. The predicted molar refractivity (Wildman–Crippen MR) is 76.0 cm³/mol. The van der Waals surface area contributed by atoms with Crippen molar-refractivity contribution in [1.29, 1.82) is 0 Å². The van der Waals surface area contributed by atoms with Gasteiger partial charge in [-0.15, -0.1) is 0 Å². The Balaban J connectivity index is 2.05. The lowest BCUT2D eigenvalue weighted by molar-refractivity contribution is -0.114. The van der Waals surface area contributed by atoms with Gasteiger partial charge in [0.25, 0.3) is 0 Å². The fraction of sp³-hybridized carbons (Fsp3) is 0.462. The van der Waals surface area contributed by atoms with Crippen molar-refractivity contribution in [2.24, 2.45) is 0 Å². The Morgan fingerprint density at radius 1 is 1.30 bits per heavy atom. The summed E-state index contributed by atoms with van der Waals surface area (Å²) in [4.78, 5) is 11.0. The molecule has 7 heteroatoms. The smallest absolute Gasteiger partial charge is 0.221 e. The summed E-state index contributed by atoms with van der Waals surface area (Å²) in [5.74, 6) is -0.503. The highest BCUT2D eigenvalue weighted by atomic mass is 32.2. The molecule has 1 saturated heterocycles. The molecule has 0 aliphatic carbocycles. The van der Waals surface area contributed by atoms with E-state index in [0.717, 1.165) is 0 Å². The van der Waals surface area contributed by atoms with Gasteiger partial charge in [-0.1, -0.05) is 0 Å². The van der Waals surface area contributed by atoms with E-state index in [1.165, 1.54) is 19.1 Å². The number of benzene rings is 1. The van der Waals surface area contributed by atoms with Crippen molar-refractivity contribution in [3.05, 3.63) is 24.0 Å². The highest BCUT2D eigenvalue weighted by Crippen LogP contribution is 2.23. The molecule has 1 aliphatic rings. The number of rotatable bonds is 3. The van der Waals surface area contributed by atoms with Gasteiger partial charge in [-0.05, 0) is 31.0 Å². The molecule has 0 radical (unpaired) electrons. The predicted octanol–water partition coefficient (Wildman–Crippen LogP) is 1.77. The van der Waals surface area contributed by atoms with Crippen molar-refractivity contribution in [2.75, 3.05) is 22.1 Å². The zero-order chi connectivity index (χ0) is 14.8. The lowest BCUT2D eigenvalue weighted by Crippen LogP contribution is -2.32. The van der Waals surface area contributed by atoms with Gasteiger partial charge < -0.3 is 10.6 Å². The number of anilines is 2. The van der Waals surface area contributed by atoms with E-state index in [1.54, 1.807) is 6.07 Å². The Hall–Kier alpha value is -1.63. The first-order chi connectivity index (χ1) is 9.35. The topological polar surface area (TPSA) is 75.3 Å². The highest BCUT2D eigenvalue weighted by Gasteiger charge is 2.23. The van der Waals surface area contributed by atoms with Crippen LogP contribution in [0.25, 0.3) is 0 Å². The minimum Gasteiger partial charge on any atom is -0.382 e. The second kappa shape index (κ2) is 5.78. The maximum atomic E-state index is 13.5. The number of sulfone groups is 1. The van der Waals surface area contributed by atoms with Crippen LogP contribution in [0.4, 0.5) is 15.8 Å². The largest absolute Gasteiger partial charge is 0.382 e. The number of carbonyl (C=O) groups is 1. The molecule has 1 fully saturated rings. The molecule has 1 amide bonds. The van der Waals surface area contributed by atoms with E-state index in [-0.39, 0.29) is 29.1 Å². The van der Waals surface area contributed by atoms with Gasteiger partial charge in [-0.25, -0.2) is 12.8 Å². The average molecular weight is 300 g/mol. The molecule has 0 atom stereocenters. The fourth-order valence-corrected chi connectivity index (χ4v) is 3.66. The molecule has 0 bridgehead atoms. The normalized spacial score (nSPS) is 18.5. The molecule has 0 saturated carbocycles. The fourth-order valence-electron chi connectivity index (χ4n) is 2.17. The van der Waals surface area contributed by atoms with Crippen molar-refractivity contribution in [2.45, 2.75) is 25.8 Å². The number of halogens is 1. The first-order valence-corrected chi connectivity index (χ1v) is 8.22. The van der Waals surface area contributed by atoms with Gasteiger partial charge in [0, 0.05) is 18.7 Å². The Morgan fingerprint density at radius 2 is 1.95 bits per heavy atom. The molecule has 1 aliphatic heterocycles. The molecule has 110 valence electrons. The first-order valence-electron chi connectivity index (χ1n) is 6.40. The minimum atomic E-state index is -2.90. The third-order valence-corrected chi connectivity index (χ3v) is 4.92. The van der Waals surface area contributed by atoms with Crippen molar-refractivity contribution in [3.8, 4) is 0 Å². The molecule has 0 aromatic heterocycles. The molecule has 1 heterocycles. The van der Waals surface area contributed by atoms with E-state index in [4.69, 9.17) is 0 Å². The van der Waals surface area contributed by atoms with Crippen LogP contribution >= 0.6 is 0 Å². The van der Waals surface area contributed by atoms with E-state index in [1.807, 2.05) is 0 Å². The summed E-state index contributed by atoms with van der Waals surface area (Å²) in [6, 6.07) is 4.41. The molecule has 20 heavy (non-hydrogen) atoms. The Bertz CT molecular complexity index is 602. The van der Waals surface area contributed by atoms with E-state index in [0.29, 0.717) is 18.5 Å². The summed E-state index contributed by atoms with van der Waals surface area (Å²) in [6.07, 6.45) is 1.07. The van der Waals surface area contributed by atoms with Crippen LogP contribution in [0.1, 0.15) is 19.8 Å². The second-order valence-corrected chi connectivity index (χ2v) is 7.25. The van der Waals surface area contributed by atoms with E-state index in [9.17, 15) is 17.6 Å². The lowest BCUT2D eigenvalue weighted by Gasteiger charge is -2.24. The molecular weight excluding hydrogens is 283 g/mol. The second-order valence-electron chi connectivity index (χ2n) is 4.95. The van der Waals surface area contributed by atoms with Gasteiger partial charge in [-0.3, -0.25) is 4.79 Å². The maximum absolute atomic E-state index is 13.5. The number of amides is 1. The van der Waals surface area contributed by atoms with Gasteiger partial charge in [0.1, 0.15) is 15.7 Å². The van der Waals surface area contributed by atoms with Crippen LogP contribution < -0.4 is 10.6 Å². The standard InChI is InChI=1S/C13H17FN2O3S/c1-9(17)15-13-8-11(2-3-12(13)14)16-10-4-6-20(18,19)7-5-10/h2-3,8,10,16H,4-7H2,1H3,(H,15,17). The molecule has 1 aromatic carbocycles. The number of hydrogen-bond donors (Lipinski definition) is 2. The summed E-state index contributed by atoms with van der Waals surface area (Å²) in [5.41, 5.74) is 0.783. The third-order valence-electron chi connectivity index (χ3n) is 3.20. The Labute approximate surface area is 117 Å². The molecule has 2 rings (SSSR count). The Kier molecular flexibility index (Phi) is 4.27. The zero-order valence-electron chi connectivity index (χ0n) is 11.1. The zero-order valence-corrected chi connectivity index (χ0v) is 12.0. The van der Waals surface area contributed by atoms with Crippen LogP contribution in [0.15, 0.2) is 18.2 Å². The van der Waals surface area contributed by atoms with Crippen LogP contribution in [0.5, 0.6) is 0 Å². The SMILES string of the molecule is CC(=O)Nc1cc(NC2CCS(=O)(=O)CC2)ccc1F. The van der Waals surface area contributed by atoms with E-state index in [2.05, 4.69) is 10.6 Å². The number of hydrogen-bond acceptors (Lipinski definition) is 4. The maximum Gasteiger partial charge on any atom is 0.221 e. The summed E-state index contributed by atoms with van der Waals surface area (Å²) < 4.78 is 36.2. The van der Waals surface area contributed by atoms with Crippen molar-refractivity contribution in [1.82, 2.24) is 0 Å². The van der Waals surface area contributed by atoms with Gasteiger partial charge >= 0.3 is 0 Å². The van der Waals surface area contributed by atoms with E-state index < -0.39 is 15.7 Å². The van der Waals surface area contributed by atoms with Crippen LogP contribution in [0.2, 0.25) is 0 Å². The van der Waals surface area contributed by atoms with Gasteiger partial charge in [0.05, 0.1) is 17.2 Å². The molecule has 0 spiro atoms. The van der Waals surface area contributed by atoms with Crippen molar-refractivity contribution < 1.29 is 17.6 Å². The van der Waals surface area contributed by atoms with Gasteiger partial charge in [0.15, 0.2) is 0 Å². The molecular formula is C13H17FN2O3S. The molecule has 1 aromatic rings.